The molecule has 2 rings (SSSR count). The fraction of sp³-hybridized carbons (Fsp3) is 0.333. The van der Waals surface area contributed by atoms with Crippen LogP contribution < -0.4 is 10.1 Å². The number of halogens is 4. The van der Waals surface area contributed by atoms with Crippen LogP contribution in [0.2, 0.25) is 15.1 Å². The van der Waals surface area contributed by atoms with Crippen molar-refractivity contribution in [3.63, 3.8) is 0 Å². The van der Waals surface area contributed by atoms with Crippen LogP contribution in [-0.4, -0.2) is 35.4 Å². The van der Waals surface area contributed by atoms with Gasteiger partial charge in [0.15, 0.2) is 6.61 Å². The molecule has 0 radical (unpaired) electrons. The summed E-state index contributed by atoms with van der Waals surface area (Å²) in [5.74, 6) is -0.212. The first-order valence-corrected chi connectivity index (χ1v) is 11.1. The lowest BCUT2D eigenvalue weighted by molar-refractivity contribution is -0.142. The molecule has 0 aromatic heterocycles. The molecule has 0 saturated heterocycles. The zero-order valence-electron chi connectivity index (χ0n) is 16.7. The molecule has 30 heavy (non-hydrogen) atoms. The Kier molecular flexibility index (Phi) is 9.29. The van der Waals surface area contributed by atoms with Crippen LogP contribution in [0.4, 0.5) is 0 Å². The van der Waals surface area contributed by atoms with Crippen molar-refractivity contribution < 1.29 is 14.3 Å². The Balaban J connectivity index is 2.24. The maximum absolute atomic E-state index is 13.0. The van der Waals surface area contributed by atoms with Crippen molar-refractivity contribution in [3.8, 4) is 5.75 Å². The van der Waals surface area contributed by atoms with E-state index in [0.717, 1.165) is 0 Å². The Morgan fingerprint density at radius 2 is 1.73 bits per heavy atom. The summed E-state index contributed by atoms with van der Waals surface area (Å²) in [5.41, 5.74) is 0.561. The van der Waals surface area contributed by atoms with E-state index in [-0.39, 0.29) is 31.0 Å². The average molecular weight is 537 g/mol. The van der Waals surface area contributed by atoms with Crippen LogP contribution in [0.5, 0.6) is 5.75 Å². The molecule has 9 heteroatoms. The fourth-order valence-corrected chi connectivity index (χ4v) is 3.97. The molecule has 2 aromatic carbocycles. The number of rotatable bonds is 8. The normalized spacial score (nSPS) is 11.9. The highest BCUT2D eigenvalue weighted by molar-refractivity contribution is 9.10. The molecule has 0 spiro atoms. The van der Waals surface area contributed by atoms with Crippen LogP contribution in [0.1, 0.15) is 26.3 Å². The first-order chi connectivity index (χ1) is 14.1. The quantitative estimate of drug-likeness (QED) is 0.469. The van der Waals surface area contributed by atoms with Crippen molar-refractivity contribution in [1.29, 1.82) is 0 Å². The van der Waals surface area contributed by atoms with Gasteiger partial charge in [0.05, 0.1) is 4.47 Å². The van der Waals surface area contributed by atoms with E-state index < -0.39 is 6.04 Å². The third-order valence-electron chi connectivity index (χ3n) is 4.23. The smallest absolute Gasteiger partial charge is 0.261 e. The highest BCUT2D eigenvalue weighted by Crippen LogP contribution is 2.29. The molecule has 0 aliphatic heterocycles. The van der Waals surface area contributed by atoms with Crippen LogP contribution in [0.3, 0.4) is 0 Å². The second-order valence-corrected chi connectivity index (χ2v) is 9.03. The fourth-order valence-electron chi connectivity index (χ4n) is 2.66. The largest absolute Gasteiger partial charge is 0.483 e. The van der Waals surface area contributed by atoms with E-state index in [1.54, 1.807) is 43.3 Å². The van der Waals surface area contributed by atoms with Crippen LogP contribution in [0, 0.1) is 0 Å². The van der Waals surface area contributed by atoms with E-state index in [9.17, 15) is 9.59 Å². The molecule has 0 saturated carbocycles. The number of amides is 2. The lowest BCUT2D eigenvalue weighted by Crippen LogP contribution is -2.50. The van der Waals surface area contributed by atoms with Gasteiger partial charge in [0.2, 0.25) is 5.91 Å². The molecule has 1 atom stereocenters. The molecule has 1 N–H and O–H groups in total. The minimum Gasteiger partial charge on any atom is -0.483 e. The molecular weight excluding hydrogens is 515 g/mol. The van der Waals surface area contributed by atoms with Gasteiger partial charge in [0.25, 0.3) is 5.91 Å². The predicted molar refractivity (Wildman–Crippen MR) is 124 cm³/mol. The van der Waals surface area contributed by atoms with Gasteiger partial charge in [0.1, 0.15) is 11.8 Å². The SMILES string of the molecule is CC(C)NC(=O)[C@H](C)N(Cc1c(Cl)cccc1Cl)C(=O)COc1ccc(Cl)cc1Br. The number of ether oxygens (including phenoxy) is 1. The summed E-state index contributed by atoms with van der Waals surface area (Å²) in [7, 11) is 0. The van der Waals surface area contributed by atoms with Crippen LogP contribution in [0.15, 0.2) is 40.9 Å². The zero-order chi connectivity index (χ0) is 22.4. The molecule has 0 aliphatic rings. The molecule has 5 nitrogen and oxygen atoms in total. The molecule has 0 heterocycles. The molecule has 0 fully saturated rings. The van der Waals surface area contributed by atoms with E-state index in [0.29, 0.717) is 30.9 Å². The second kappa shape index (κ2) is 11.2. The maximum Gasteiger partial charge on any atom is 0.261 e. The minimum absolute atomic E-state index is 0.0647. The maximum atomic E-state index is 13.0. The summed E-state index contributed by atoms with van der Waals surface area (Å²) in [6, 6.07) is 9.25. The van der Waals surface area contributed by atoms with Gasteiger partial charge in [-0.25, -0.2) is 0 Å². The lowest BCUT2D eigenvalue weighted by Gasteiger charge is -2.30. The van der Waals surface area contributed by atoms with Gasteiger partial charge in [-0.3, -0.25) is 9.59 Å². The van der Waals surface area contributed by atoms with E-state index in [1.807, 2.05) is 13.8 Å². The van der Waals surface area contributed by atoms with E-state index in [2.05, 4.69) is 21.2 Å². The summed E-state index contributed by atoms with van der Waals surface area (Å²) >= 11 is 21.9. The Hall–Kier alpha value is -1.47. The van der Waals surface area contributed by atoms with Gasteiger partial charge in [0, 0.05) is 33.2 Å². The lowest BCUT2D eigenvalue weighted by atomic mass is 10.1. The first kappa shape index (κ1) is 24.8. The summed E-state index contributed by atoms with van der Waals surface area (Å²) in [4.78, 5) is 27.0. The van der Waals surface area contributed by atoms with Crippen molar-refractivity contribution in [2.24, 2.45) is 0 Å². The van der Waals surface area contributed by atoms with Crippen molar-refractivity contribution in [3.05, 3.63) is 61.5 Å². The third kappa shape index (κ3) is 6.77. The average Bonchev–Trinajstić information content (AvgIpc) is 2.66. The molecule has 0 unspecified atom stereocenters. The monoisotopic (exact) mass is 534 g/mol. The van der Waals surface area contributed by atoms with Crippen LogP contribution >= 0.6 is 50.7 Å². The van der Waals surface area contributed by atoms with Gasteiger partial charge in [-0.2, -0.15) is 0 Å². The number of carbonyl (C=O) groups excluding carboxylic acids is 2. The standard InChI is InChI=1S/C21H22BrCl3N2O3/c1-12(2)26-21(29)13(3)27(10-15-17(24)5-4-6-18(15)25)20(28)11-30-19-8-7-14(23)9-16(19)22/h4-9,12-13H,10-11H2,1-3H3,(H,26,29)/t13-/m0/s1. The summed E-state index contributed by atoms with van der Waals surface area (Å²) in [5, 5.41) is 4.19. The number of carbonyl (C=O) groups is 2. The van der Waals surface area contributed by atoms with Gasteiger partial charge in [-0.15, -0.1) is 0 Å². The third-order valence-corrected chi connectivity index (χ3v) is 5.80. The topological polar surface area (TPSA) is 58.6 Å². The van der Waals surface area contributed by atoms with E-state index in [1.165, 1.54) is 4.90 Å². The Morgan fingerprint density at radius 3 is 2.30 bits per heavy atom. The van der Waals surface area contributed by atoms with Crippen molar-refractivity contribution in [2.45, 2.75) is 39.4 Å². The van der Waals surface area contributed by atoms with Gasteiger partial charge < -0.3 is 15.0 Å². The van der Waals surface area contributed by atoms with Crippen LogP contribution in [0.25, 0.3) is 0 Å². The highest BCUT2D eigenvalue weighted by atomic mass is 79.9. The van der Waals surface area contributed by atoms with Crippen LogP contribution in [-0.2, 0) is 16.1 Å². The molecule has 162 valence electrons. The zero-order valence-corrected chi connectivity index (χ0v) is 20.6. The summed E-state index contributed by atoms with van der Waals surface area (Å²) in [6.07, 6.45) is 0. The number of hydrogen-bond donors (Lipinski definition) is 1. The number of benzene rings is 2. The molecule has 0 bridgehead atoms. The van der Waals surface area contributed by atoms with Crippen molar-refractivity contribution >= 4 is 62.5 Å². The Morgan fingerprint density at radius 1 is 1.10 bits per heavy atom. The summed E-state index contributed by atoms with van der Waals surface area (Å²) in [6.45, 7) is 5.14. The minimum atomic E-state index is -0.760. The first-order valence-electron chi connectivity index (χ1n) is 9.20. The molecule has 2 amide bonds. The number of nitrogens with zero attached hydrogens (tertiary/aromatic N) is 1. The number of hydrogen-bond acceptors (Lipinski definition) is 3. The van der Waals surface area contributed by atoms with E-state index >= 15 is 0 Å². The number of nitrogens with one attached hydrogen (secondary N) is 1. The van der Waals surface area contributed by atoms with Gasteiger partial charge in [-0.1, -0.05) is 40.9 Å². The van der Waals surface area contributed by atoms with Gasteiger partial charge >= 0.3 is 0 Å². The predicted octanol–water partition coefficient (Wildman–Crippen LogP) is 5.73. The highest BCUT2D eigenvalue weighted by Gasteiger charge is 2.28. The molecule has 2 aromatic rings. The van der Waals surface area contributed by atoms with Crippen molar-refractivity contribution in [1.82, 2.24) is 10.2 Å². The van der Waals surface area contributed by atoms with E-state index in [4.69, 9.17) is 39.5 Å². The summed E-state index contributed by atoms with van der Waals surface area (Å²) < 4.78 is 6.27. The van der Waals surface area contributed by atoms with Crippen molar-refractivity contribution in [2.75, 3.05) is 6.61 Å². The molecule has 0 aliphatic carbocycles. The Labute approximate surface area is 199 Å². The van der Waals surface area contributed by atoms with Gasteiger partial charge in [-0.05, 0) is 67.0 Å². The Bertz CT molecular complexity index is 904. The molecular formula is C21H22BrCl3N2O3. The second-order valence-electron chi connectivity index (χ2n) is 6.92.